The summed E-state index contributed by atoms with van der Waals surface area (Å²) in [4.78, 5) is 11.5. The summed E-state index contributed by atoms with van der Waals surface area (Å²) in [5, 5.41) is 2.59. The first kappa shape index (κ1) is 12.2. The largest absolute Gasteiger partial charge is 0.489 e. The quantitative estimate of drug-likeness (QED) is 0.893. The van der Waals surface area contributed by atoms with Gasteiger partial charge in [0.1, 0.15) is 12.4 Å². The molecule has 0 heterocycles. The van der Waals surface area contributed by atoms with Gasteiger partial charge in [-0.05, 0) is 23.8 Å². The van der Waals surface area contributed by atoms with Crippen molar-refractivity contribution in [3.05, 3.63) is 65.7 Å². The molecule has 18 heavy (non-hydrogen) atoms. The van der Waals surface area contributed by atoms with E-state index in [1.165, 1.54) is 0 Å². The third kappa shape index (κ3) is 3.10. The van der Waals surface area contributed by atoms with Gasteiger partial charge in [-0.2, -0.15) is 0 Å². The highest BCUT2D eigenvalue weighted by Gasteiger charge is 2.04. The number of carbonyl (C=O) groups excluding carboxylic acids is 1. The molecule has 3 nitrogen and oxygen atoms in total. The van der Waals surface area contributed by atoms with Gasteiger partial charge in [-0.1, -0.05) is 36.4 Å². The van der Waals surface area contributed by atoms with Crippen molar-refractivity contribution in [1.29, 1.82) is 0 Å². The Morgan fingerprint density at radius 1 is 1.11 bits per heavy atom. The number of benzene rings is 2. The van der Waals surface area contributed by atoms with Crippen molar-refractivity contribution in [2.75, 3.05) is 7.05 Å². The van der Waals surface area contributed by atoms with E-state index in [2.05, 4.69) is 5.32 Å². The fraction of sp³-hybridized carbons (Fsp3) is 0.133. The van der Waals surface area contributed by atoms with Gasteiger partial charge in [-0.15, -0.1) is 0 Å². The second-order valence-electron chi connectivity index (χ2n) is 3.88. The molecule has 2 rings (SSSR count). The minimum absolute atomic E-state index is 0.111. The number of nitrogens with one attached hydrogen (secondary N) is 1. The van der Waals surface area contributed by atoms with E-state index in [-0.39, 0.29) is 5.91 Å². The fourth-order valence-corrected chi connectivity index (χ4v) is 1.61. The second kappa shape index (κ2) is 5.87. The number of rotatable bonds is 4. The topological polar surface area (TPSA) is 38.3 Å². The van der Waals surface area contributed by atoms with Crippen LogP contribution in [0.4, 0.5) is 0 Å². The van der Waals surface area contributed by atoms with Crippen LogP contribution < -0.4 is 10.1 Å². The first-order valence-corrected chi connectivity index (χ1v) is 5.78. The molecule has 0 aliphatic heterocycles. The van der Waals surface area contributed by atoms with Crippen molar-refractivity contribution >= 4 is 5.91 Å². The van der Waals surface area contributed by atoms with Crippen molar-refractivity contribution in [3.8, 4) is 5.75 Å². The van der Waals surface area contributed by atoms with Crippen LogP contribution in [-0.4, -0.2) is 13.0 Å². The number of hydrogen-bond acceptors (Lipinski definition) is 2. The standard InChI is InChI=1S/C15H15NO2/c1-16-15(17)13-8-5-9-14(10-13)18-11-12-6-3-2-4-7-12/h2-10H,11H2,1H3,(H,16,17). The Balaban J connectivity index is 2.04. The highest BCUT2D eigenvalue weighted by molar-refractivity contribution is 5.94. The molecule has 2 aromatic carbocycles. The molecule has 0 bridgehead atoms. The number of hydrogen-bond donors (Lipinski definition) is 1. The molecule has 0 unspecified atom stereocenters. The number of amides is 1. The Morgan fingerprint density at radius 3 is 2.61 bits per heavy atom. The summed E-state index contributed by atoms with van der Waals surface area (Å²) in [7, 11) is 1.61. The molecule has 0 saturated carbocycles. The lowest BCUT2D eigenvalue weighted by atomic mass is 10.2. The van der Waals surface area contributed by atoms with Gasteiger partial charge in [0, 0.05) is 12.6 Å². The van der Waals surface area contributed by atoms with Crippen LogP contribution in [0.25, 0.3) is 0 Å². The zero-order valence-corrected chi connectivity index (χ0v) is 10.2. The maximum absolute atomic E-state index is 11.5. The van der Waals surface area contributed by atoms with E-state index >= 15 is 0 Å². The van der Waals surface area contributed by atoms with E-state index < -0.39 is 0 Å². The SMILES string of the molecule is CNC(=O)c1cccc(OCc2ccccc2)c1. The molecular weight excluding hydrogens is 226 g/mol. The predicted octanol–water partition coefficient (Wildman–Crippen LogP) is 2.63. The fourth-order valence-electron chi connectivity index (χ4n) is 1.61. The van der Waals surface area contributed by atoms with Gasteiger partial charge in [0.25, 0.3) is 5.91 Å². The van der Waals surface area contributed by atoms with Gasteiger partial charge in [-0.3, -0.25) is 4.79 Å². The van der Waals surface area contributed by atoms with Crippen molar-refractivity contribution in [2.45, 2.75) is 6.61 Å². The summed E-state index contributed by atoms with van der Waals surface area (Å²) < 4.78 is 5.65. The summed E-state index contributed by atoms with van der Waals surface area (Å²) in [5.74, 6) is 0.583. The van der Waals surface area contributed by atoms with E-state index in [1.807, 2.05) is 42.5 Å². The monoisotopic (exact) mass is 241 g/mol. The predicted molar refractivity (Wildman–Crippen MR) is 70.6 cm³/mol. The molecule has 0 saturated heterocycles. The van der Waals surface area contributed by atoms with Crippen molar-refractivity contribution in [2.24, 2.45) is 0 Å². The Morgan fingerprint density at radius 2 is 1.89 bits per heavy atom. The molecule has 1 N–H and O–H groups in total. The van der Waals surface area contributed by atoms with Gasteiger partial charge < -0.3 is 10.1 Å². The molecule has 0 aromatic heterocycles. The van der Waals surface area contributed by atoms with E-state index in [4.69, 9.17) is 4.74 Å². The minimum atomic E-state index is -0.111. The zero-order valence-electron chi connectivity index (χ0n) is 10.2. The minimum Gasteiger partial charge on any atom is -0.489 e. The second-order valence-corrected chi connectivity index (χ2v) is 3.88. The molecular formula is C15H15NO2. The van der Waals surface area contributed by atoms with Crippen molar-refractivity contribution in [1.82, 2.24) is 5.32 Å². The summed E-state index contributed by atoms with van der Waals surface area (Å²) in [5.41, 5.74) is 1.70. The zero-order chi connectivity index (χ0) is 12.8. The summed E-state index contributed by atoms with van der Waals surface area (Å²) in [6.07, 6.45) is 0. The number of ether oxygens (including phenoxy) is 1. The van der Waals surface area contributed by atoms with Crippen molar-refractivity contribution in [3.63, 3.8) is 0 Å². The highest BCUT2D eigenvalue weighted by atomic mass is 16.5. The molecule has 0 aliphatic carbocycles. The van der Waals surface area contributed by atoms with Gasteiger partial charge in [0.05, 0.1) is 0 Å². The summed E-state index contributed by atoms with van der Waals surface area (Å²) in [6, 6.07) is 17.1. The van der Waals surface area contributed by atoms with Gasteiger partial charge in [0.2, 0.25) is 0 Å². The molecule has 3 heteroatoms. The molecule has 92 valence electrons. The Labute approximate surface area is 106 Å². The maximum atomic E-state index is 11.5. The van der Waals surface area contributed by atoms with Crippen LogP contribution in [0.15, 0.2) is 54.6 Å². The average molecular weight is 241 g/mol. The maximum Gasteiger partial charge on any atom is 0.251 e. The molecule has 1 amide bonds. The molecule has 2 aromatic rings. The van der Waals surface area contributed by atoms with Crippen LogP contribution in [0, 0.1) is 0 Å². The summed E-state index contributed by atoms with van der Waals surface area (Å²) in [6.45, 7) is 0.498. The average Bonchev–Trinajstić information content (AvgIpc) is 2.45. The van der Waals surface area contributed by atoms with Gasteiger partial charge in [0.15, 0.2) is 0 Å². The molecule has 0 atom stereocenters. The van der Waals surface area contributed by atoms with Crippen molar-refractivity contribution < 1.29 is 9.53 Å². The van der Waals surface area contributed by atoms with E-state index in [9.17, 15) is 4.79 Å². The van der Waals surface area contributed by atoms with Crippen LogP contribution in [0.2, 0.25) is 0 Å². The lowest BCUT2D eigenvalue weighted by Gasteiger charge is -2.07. The first-order chi connectivity index (χ1) is 8.79. The van der Waals surface area contributed by atoms with Gasteiger partial charge in [-0.25, -0.2) is 0 Å². The Bertz CT molecular complexity index is 523. The molecule has 0 aliphatic rings. The normalized spacial score (nSPS) is 9.83. The van der Waals surface area contributed by atoms with Gasteiger partial charge >= 0.3 is 0 Å². The molecule has 0 radical (unpaired) electrons. The third-order valence-corrected chi connectivity index (χ3v) is 2.57. The van der Waals surface area contributed by atoms with E-state index in [0.29, 0.717) is 17.9 Å². The lowest BCUT2D eigenvalue weighted by molar-refractivity contribution is 0.0962. The highest BCUT2D eigenvalue weighted by Crippen LogP contribution is 2.15. The van der Waals surface area contributed by atoms with Crippen LogP contribution >= 0.6 is 0 Å². The first-order valence-electron chi connectivity index (χ1n) is 5.78. The smallest absolute Gasteiger partial charge is 0.251 e. The van der Waals surface area contributed by atoms with E-state index in [0.717, 1.165) is 5.56 Å². The Hall–Kier alpha value is -2.29. The summed E-state index contributed by atoms with van der Waals surface area (Å²) >= 11 is 0. The number of carbonyl (C=O) groups is 1. The molecule has 0 fully saturated rings. The lowest BCUT2D eigenvalue weighted by Crippen LogP contribution is -2.17. The Kier molecular flexibility index (Phi) is 3.97. The van der Waals surface area contributed by atoms with Crippen LogP contribution in [0.3, 0.4) is 0 Å². The van der Waals surface area contributed by atoms with E-state index in [1.54, 1.807) is 19.2 Å². The van der Waals surface area contributed by atoms with Crippen LogP contribution in [0.5, 0.6) is 5.75 Å². The molecule has 0 spiro atoms. The van der Waals surface area contributed by atoms with Crippen LogP contribution in [-0.2, 0) is 6.61 Å². The third-order valence-electron chi connectivity index (χ3n) is 2.57. The van der Waals surface area contributed by atoms with Crippen LogP contribution in [0.1, 0.15) is 15.9 Å².